The molecule has 0 spiro atoms. The molecular weight excluding hydrogens is 389 g/mol. The topological polar surface area (TPSA) is 92.8 Å². The lowest BCUT2D eigenvalue weighted by molar-refractivity contribution is -0.145. The summed E-state index contributed by atoms with van der Waals surface area (Å²) in [6, 6.07) is 6.07. The van der Waals surface area contributed by atoms with Crippen molar-refractivity contribution in [3.05, 3.63) is 41.8 Å². The molecule has 5 rings (SSSR count). The van der Waals surface area contributed by atoms with E-state index in [4.69, 9.17) is 0 Å². The Kier molecular flexibility index (Phi) is 4.50. The number of anilines is 2. The smallest absolute Gasteiger partial charge is 0.260 e. The minimum Gasteiger partial charge on any atom is -0.388 e. The predicted octanol–water partition coefficient (Wildman–Crippen LogP) is 2.01. The highest BCUT2D eigenvalue weighted by atomic mass is 19.1. The van der Waals surface area contributed by atoms with Crippen LogP contribution in [0.15, 0.2) is 30.5 Å². The van der Waals surface area contributed by atoms with Crippen LogP contribution in [-0.4, -0.2) is 68.3 Å². The molecule has 2 fully saturated rings. The maximum absolute atomic E-state index is 13.4. The number of benzene rings is 1. The number of nitrogens with one attached hydrogen (secondary N) is 1. The Morgan fingerprint density at radius 2 is 2.07 bits per heavy atom. The lowest BCUT2D eigenvalue weighted by Gasteiger charge is -2.48. The summed E-state index contributed by atoms with van der Waals surface area (Å²) >= 11 is 0. The first-order valence-corrected chi connectivity index (χ1v) is 10.3. The lowest BCUT2D eigenvalue weighted by atomic mass is 9.82. The zero-order valence-corrected chi connectivity index (χ0v) is 16.6. The summed E-state index contributed by atoms with van der Waals surface area (Å²) in [7, 11) is 0. The molecule has 1 aromatic carbocycles. The molecular formula is C21H24FN5O3. The van der Waals surface area contributed by atoms with Crippen LogP contribution in [0.4, 0.5) is 15.9 Å². The van der Waals surface area contributed by atoms with Crippen LogP contribution in [0.1, 0.15) is 42.5 Å². The molecule has 9 heteroatoms. The van der Waals surface area contributed by atoms with Gasteiger partial charge in [-0.3, -0.25) is 14.7 Å². The molecule has 30 heavy (non-hydrogen) atoms. The summed E-state index contributed by atoms with van der Waals surface area (Å²) in [4.78, 5) is 30.6. The number of aromatic nitrogens is 2. The summed E-state index contributed by atoms with van der Waals surface area (Å²) in [5, 5.41) is 18.2. The summed E-state index contributed by atoms with van der Waals surface area (Å²) in [5.74, 6) is 0.180. The lowest BCUT2D eigenvalue weighted by Crippen LogP contribution is -2.59. The van der Waals surface area contributed by atoms with Gasteiger partial charge in [-0.15, -0.1) is 0 Å². The minimum absolute atomic E-state index is 0.0302. The zero-order chi connectivity index (χ0) is 20.9. The molecule has 4 heterocycles. The fourth-order valence-electron chi connectivity index (χ4n) is 4.95. The number of fused-ring (bicyclic) bond motifs is 2. The number of carbonyl (C=O) groups excluding carboxylic acids is 2. The number of β-amino-alcohol motifs (C(OH)–C–C–N with tert-alkyl or cyclic N) is 1. The summed E-state index contributed by atoms with van der Waals surface area (Å²) in [5.41, 5.74) is 0.0861. The number of piperidine rings is 2. The second-order valence-corrected chi connectivity index (χ2v) is 8.49. The Balaban J connectivity index is 1.39. The van der Waals surface area contributed by atoms with E-state index in [0.29, 0.717) is 37.2 Å². The molecule has 0 bridgehead atoms. The van der Waals surface area contributed by atoms with Gasteiger partial charge in [0.25, 0.3) is 5.91 Å². The second-order valence-electron chi connectivity index (χ2n) is 8.49. The Labute approximate surface area is 173 Å². The quantitative estimate of drug-likeness (QED) is 0.803. The third kappa shape index (κ3) is 3.23. The van der Waals surface area contributed by atoms with Crippen LogP contribution in [0, 0.1) is 5.82 Å². The largest absolute Gasteiger partial charge is 0.388 e. The maximum atomic E-state index is 13.4. The minimum atomic E-state index is -1.05. The van der Waals surface area contributed by atoms with Crippen molar-refractivity contribution in [3.63, 3.8) is 0 Å². The van der Waals surface area contributed by atoms with Crippen molar-refractivity contribution in [2.75, 3.05) is 24.7 Å². The number of aliphatic hydroxyl groups is 1. The van der Waals surface area contributed by atoms with E-state index < -0.39 is 5.60 Å². The van der Waals surface area contributed by atoms with Gasteiger partial charge in [-0.25, -0.2) is 4.39 Å². The number of nitrogens with zero attached hydrogens (tertiary/aromatic N) is 4. The van der Waals surface area contributed by atoms with Gasteiger partial charge in [0.1, 0.15) is 17.2 Å². The molecule has 0 aliphatic carbocycles. The van der Waals surface area contributed by atoms with Crippen molar-refractivity contribution in [2.24, 2.45) is 0 Å². The molecule has 2 atom stereocenters. The highest BCUT2D eigenvalue weighted by molar-refractivity contribution is 6.01. The Hall–Kier alpha value is -2.94. The van der Waals surface area contributed by atoms with Crippen LogP contribution in [0.2, 0.25) is 0 Å². The molecule has 3 aliphatic rings. The van der Waals surface area contributed by atoms with Crippen LogP contribution < -0.4 is 4.90 Å². The fourth-order valence-corrected chi connectivity index (χ4v) is 4.95. The zero-order valence-electron chi connectivity index (χ0n) is 16.6. The number of amides is 2. The van der Waals surface area contributed by atoms with Gasteiger partial charge in [-0.2, -0.15) is 5.10 Å². The standard InChI is InChI=1S/C21H24FN5O3/c22-14-4-6-15(7-5-14)27-13-25(20(29)17-11-23-24-19(17)27)12-21(30)8-9-26-16(10-21)2-1-3-18(26)28/h4-7,11,16,30H,1-3,8-10,12-13H2,(H,23,24). The third-order valence-electron chi connectivity index (χ3n) is 6.47. The van der Waals surface area contributed by atoms with Crippen molar-refractivity contribution in [1.29, 1.82) is 0 Å². The number of aromatic amines is 1. The molecule has 158 valence electrons. The maximum Gasteiger partial charge on any atom is 0.260 e. The Morgan fingerprint density at radius 3 is 2.87 bits per heavy atom. The number of halogens is 1. The molecule has 3 aliphatic heterocycles. The number of hydrogen-bond donors (Lipinski definition) is 2. The van der Waals surface area contributed by atoms with Crippen molar-refractivity contribution in [2.45, 2.75) is 43.7 Å². The highest BCUT2D eigenvalue weighted by Gasteiger charge is 2.44. The van der Waals surface area contributed by atoms with Gasteiger partial charge in [0.05, 0.1) is 25.0 Å². The normalized spacial score (nSPS) is 26.6. The van der Waals surface area contributed by atoms with Crippen molar-refractivity contribution in [1.82, 2.24) is 20.0 Å². The predicted molar refractivity (Wildman–Crippen MR) is 107 cm³/mol. The van der Waals surface area contributed by atoms with E-state index in [9.17, 15) is 19.1 Å². The summed E-state index contributed by atoms with van der Waals surface area (Å²) < 4.78 is 13.4. The summed E-state index contributed by atoms with van der Waals surface area (Å²) in [6.07, 6.45) is 4.69. The fraction of sp³-hybridized carbons (Fsp3) is 0.476. The monoisotopic (exact) mass is 413 g/mol. The number of carbonyl (C=O) groups is 2. The SMILES string of the molecule is O=C1c2cn[nH]c2N(c2ccc(F)cc2)CN1CC1(O)CCN2C(=O)CCCC2C1. The average molecular weight is 413 g/mol. The van der Waals surface area contributed by atoms with E-state index >= 15 is 0 Å². The van der Waals surface area contributed by atoms with E-state index in [1.807, 2.05) is 9.80 Å². The number of rotatable bonds is 3. The Morgan fingerprint density at radius 1 is 1.27 bits per heavy atom. The molecule has 2 unspecified atom stereocenters. The molecule has 2 amide bonds. The van der Waals surface area contributed by atoms with E-state index in [2.05, 4.69) is 10.2 Å². The molecule has 2 saturated heterocycles. The van der Waals surface area contributed by atoms with E-state index in [0.717, 1.165) is 18.5 Å². The molecule has 8 nitrogen and oxygen atoms in total. The van der Waals surface area contributed by atoms with Crippen molar-refractivity contribution in [3.8, 4) is 0 Å². The van der Waals surface area contributed by atoms with Crippen LogP contribution in [-0.2, 0) is 4.79 Å². The van der Waals surface area contributed by atoms with Crippen LogP contribution >= 0.6 is 0 Å². The van der Waals surface area contributed by atoms with E-state index in [-0.39, 0.29) is 36.9 Å². The second kappa shape index (κ2) is 7.09. The van der Waals surface area contributed by atoms with Crippen LogP contribution in [0.25, 0.3) is 0 Å². The van der Waals surface area contributed by atoms with Gasteiger partial charge in [0, 0.05) is 24.7 Å². The van der Waals surface area contributed by atoms with E-state index in [1.165, 1.54) is 18.3 Å². The van der Waals surface area contributed by atoms with Crippen LogP contribution in [0.3, 0.4) is 0 Å². The third-order valence-corrected chi connectivity index (χ3v) is 6.47. The summed E-state index contributed by atoms with van der Waals surface area (Å²) in [6.45, 7) is 0.905. The molecule has 0 radical (unpaired) electrons. The van der Waals surface area contributed by atoms with Crippen molar-refractivity contribution < 1.29 is 19.1 Å². The van der Waals surface area contributed by atoms with Gasteiger partial charge in [-0.05, 0) is 49.9 Å². The molecule has 2 N–H and O–H groups in total. The van der Waals surface area contributed by atoms with Crippen LogP contribution in [0.5, 0.6) is 0 Å². The average Bonchev–Trinajstić information content (AvgIpc) is 3.21. The Bertz CT molecular complexity index is 977. The van der Waals surface area contributed by atoms with E-state index in [1.54, 1.807) is 17.0 Å². The molecule has 1 aromatic heterocycles. The van der Waals surface area contributed by atoms with Gasteiger partial charge in [0.2, 0.25) is 5.91 Å². The van der Waals surface area contributed by atoms with Gasteiger partial charge < -0.3 is 19.8 Å². The van der Waals surface area contributed by atoms with Gasteiger partial charge in [-0.1, -0.05) is 0 Å². The van der Waals surface area contributed by atoms with Gasteiger partial charge in [0.15, 0.2) is 0 Å². The molecule has 0 saturated carbocycles. The highest BCUT2D eigenvalue weighted by Crippen LogP contribution is 2.36. The number of H-pyrrole nitrogens is 1. The first kappa shape index (κ1) is 19.0. The molecule has 2 aromatic rings. The first-order chi connectivity index (χ1) is 14.4. The first-order valence-electron chi connectivity index (χ1n) is 10.3. The number of hydrogen-bond acceptors (Lipinski definition) is 5. The van der Waals surface area contributed by atoms with Crippen molar-refractivity contribution >= 4 is 23.3 Å². The van der Waals surface area contributed by atoms with Gasteiger partial charge >= 0.3 is 0 Å².